The van der Waals surface area contributed by atoms with Gasteiger partial charge in [0.25, 0.3) is 0 Å². The van der Waals surface area contributed by atoms with Crippen molar-refractivity contribution in [3.8, 4) is 0 Å². The molecule has 2 unspecified atom stereocenters. The molecule has 1 aromatic carbocycles. The quantitative estimate of drug-likeness (QED) is 0.693. The molecule has 1 rings (SSSR count). The summed E-state index contributed by atoms with van der Waals surface area (Å²) in [4.78, 5) is 0. The lowest BCUT2D eigenvalue weighted by Gasteiger charge is -2.18. The monoisotopic (exact) mass is 250 g/mol. The van der Waals surface area contributed by atoms with Gasteiger partial charge in [-0.3, -0.25) is 0 Å². The maximum Gasteiger partial charge on any atom is 0.157 e. The molecular formula is C14H18O4. The van der Waals surface area contributed by atoms with Crippen LogP contribution in [0.2, 0.25) is 0 Å². The Labute approximate surface area is 107 Å². The molecule has 4 nitrogen and oxygen atoms in total. The minimum absolute atomic E-state index is 0.300. The molecule has 0 aromatic heterocycles. The molecule has 0 heterocycles. The van der Waals surface area contributed by atoms with E-state index in [2.05, 4.69) is 13.2 Å². The van der Waals surface area contributed by atoms with Gasteiger partial charge in [0.2, 0.25) is 0 Å². The Morgan fingerprint density at radius 1 is 1.22 bits per heavy atom. The van der Waals surface area contributed by atoms with Crippen LogP contribution in [-0.4, -0.2) is 23.4 Å². The zero-order valence-electron chi connectivity index (χ0n) is 10.2. The van der Waals surface area contributed by atoms with Gasteiger partial charge < -0.3 is 19.7 Å². The van der Waals surface area contributed by atoms with E-state index in [1.54, 1.807) is 18.2 Å². The van der Waals surface area contributed by atoms with Gasteiger partial charge in [-0.1, -0.05) is 31.4 Å². The molecule has 2 N–H and O–H groups in total. The van der Waals surface area contributed by atoms with Gasteiger partial charge in [0.05, 0.1) is 19.1 Å². The van der Waals surface area contributed by atoms with Crippen molar-refractivity contribution in [2.45, 2.75) is 12.2 Å². The number of aliphatic hydroxyl groups excluding tert-OH is 2. The Morgan fingerprint density at radius 3 is 2.56 bits per heavy atom. The van der Waals surface area contributed by atoms with Crippen LogP contribution in [0.25, 0.3) is 0 Å². The van der Waals surface area contributed by atoms with E-state index < -0.39 is 6.10 Å². The molecule has 18 heavy (non-hydrogen) atoms. The molecule has 0 aliphatic carbocycles. The maximum atomic E-state index is 9.58. The SMILES string of the molecule is C=COCC(OC=C)c1cccc(C(O)CO)c1. The average Bonchev–Trinajstić information content (AvgIpc) is 2.42. The van der Waals surface area contributed by atoms with Gasteiger partial charge in [-0.05, 0) is 17.2 Å². The first-order chi connectivity index (χ1) is 8.72. The minimum atomic E-state index is -0.894. The average molecular weight is 250 g/mol. The Morgan fingerprint density at radius 2 is 1.94 bits per heavy atom. The zero-order valence-corrected chi connectivity index (χ0v) is 10.2. The molecule has 0 amide bonds. The Kier molecular flexibility index (Phi) is 5.97. The van der Waals surface area contributed by atoms with Crippen LogP contribution in [0.4, 0.5) is 0 Å². The number of aliphatic hydroxyl groups is 2. The number of hydrogen-bond donors (Lipinski definition) is 2. The van der Waals surface area contributed by atoms with Crippen molar-refractivity contribution in [2.24, 2.45) is 0 Å². The molecule has 2 atom stereocenters. The number of benzene rings is 1. The second-order valence-corrected chi connectivity index (χ2v) is 3.66. The highest BCUT2D eigenvalue weighted by Gasteiger charge is 2.14. The van der Waals surface area contributed by atoms with Gasteiger partial charge in [0.1, 0.15) is 12.7 Å². The van der Waals surface area contributed by atoms with Crippen molar-refractivity contribution in [3.63, 3.8) is 0 Å². The van der Waals surface area contributed by atoms with E-state index in [1.807, 2.05) is 6.07 Å². The van der Waals surface area contributed by atoms with E-state index in [-0.39, 0.29) is 12.7 Å². The normalized spacial score (nSPS) is 13.4. The molecule has 4 heteroatoms. The lowest BCUT2D eigenvalue weighted by atomic mass is 10.0. The van der Waals surface area contributed by atoms with Crippen LogP contribution in [0.15, 0.2) is 49.9 Å². The maximum absolute atomic E-state index is 9.58. The summed E-state index contributed by atoms with van der Waals surface area (Å²) in [6.07, 6.45) is 1.46. The summed E-state index contributed by atoms with van der Waals surface area (Å²) in [7, 11) is 0. The third-order valence-corrected chi connectivity index (χ3v) is 2.47. The number of hydrogen-bond acceptors (Lipinski definition) is 4. The van der Waals surface area contributed by atoms with Crippen LogP contribution in [0.3, 0.4) is 0 Å². The predicted octanol–water partition coefficient (Wildman–Crippen LogP) is 2.07. The third kappa shape index (κ3) is 3.91. The van der Waals surface area contributed by atoms with Gasteiger partial charge in [0.15, 0.2) is 6.10 Å². The lowest BCUT2D eigenvalue weighted by Crippen LogP contribution is -2.09. The van der Waals surface area contributed by atoms with Crippen LogP contribution in [0.1, 0.15) is 23.3 Å². The highest BCUT2D eigenvalue weighted by molar-refractivity contribution is 5.27. The molecule has 0 aliphatic rings. The van der Waals surface area contributed by atoms with Crippen LogP contribution in [0, 0.1) is 0 Å². The standard InChI is InChI=1S/C14H18O4/c1-3-17-10-14(18-4-2)12-7-5-6-11(8-12)13(16)9-15/h3-8,13-16H,1-2,9-10H2. The number of ether oxygens (including phenoxy) is 2. The molecule has 98 valence electrons. The van der Waals surface area contributed by atoms with E-state index >= 15 is 0 Å². The van der Waals surface area contributed by atoms with E-state index in [1.165, 1.54) is 12.5 Å². The van der Waals surface area contributed by atoms with E-state index in [0.29, 0.717) is 12.2 Å². The van der Waals surface area contributed by atoms with Crippen molar-refractivity contribution < 1.29 is 19.7 Å². The van der Waals surface area contributed by atoms with Crippen molar-refractivity contribution in [2.75, 3.05) is 13.2 Å². The Hall–Kier alpha value is -1.78. The van der Waals surface area contributed by atoms with E-state index in [9.17, 15) is 5.11 Å². The summed E-state index contributed by atoms with van der Waals surface area (Å²) >= 11 is 0. The summed E-state index contributed by atoms with van der Waals surface area (Å²) in [6.45, 7) is 6.96. The summed E-state index contributed by atoms with van der Waals surface area (Å²) in [6, 6.07) is 7.15. The molecule has 0 saturated carbocycles. The summed E-state index contributed by atoms with van der Waals surface area (Å²) in [5.74, 6) is 0. The van der Waals surface area contributed by atoms with Gasteiger partial charge in [-0.2, -0.15) is 0 Å². The second kappa shape index (κ2) is 7.53. The van der Waals surface area contributed by atoms with Crippen molar-refractivity contribution in [3.05, 3.63) is 61.1 Å². The van der Waals surface area contributed by atoms with Crippen molar-refractivity contribution in [1.82, 2.24) is 0 Å². The van der Waals surface area contributed by atoms with Crippen molar-refractivity contribution >= 4 is 0 Å². The molecule has 0 bridgehead atoms. The van der Waals surface area contributed by atoms with E-state index in [4.69, 9.17) is 14.6 Å². The highest BCUT2D eigenvalue weighted by atomic mass is 16.5. The molecule has 0 fully saturated rings. The molecule has 0 aliphatic heterocycles. The van der Waals surface area contributed by atoms with Crippen LogP contribution in [0.5, 0.6) is 0 Å². The highest BCUT2D eigenvalue weighted by Crippen LogP contribution is 2.22. The smallest absolute Gasteiger partial charge is 0.157 e. The fourth-order valence-electron chi connectivity index (χ4n) is 1.56. The lowest BCUT2D eigenvalue weighted by molar-refractivity contribution is 0.0682. The van der Waals surface area contributed by atoms with Gasteiger partial charge >= 0.3 is 0 Å². The van der Waals surface area contributed by atoms with Crippen LogP contribution >= 0.6 is 0 Å². The fraction of sp³-hybridized carbons (Fsp3) is 0.286. The largest absolute Gasteiger partial charge is 0.498 e. The van der Waals surface area contributed by atoms with Crippen LogP contribution < -0.4 is 0 Å². The molecule has 1 aromatic rings. The summed E-state index contributed by atoms with van der Waals surface area (Å²) in [5, 5.41) is 18.5. The Balaban J connectivity index is 2.89. The van der Waals surface area contributed by atoms with Gasteiger partial charge in [-0.15, -0.1) is 0 Å². The summed E-state index contributed by atoms with van der Waals surface area (Å²) < 4.78 is 10.5. The summed E-state index contributed by atoms with van der Waals surface area (Å²) in [5.41, 5.74) is 1.47. The Bertz CT molecular complexity index is 389. The zero-order chi connectivity index (χ0) is 13.4. The van der Waals surface area contributed by atoms with E-state index in [0.717, 1.165) is 5.56 Å². The molecular weight excluding hydrogens is 232 g/mol. The van der Waals surface area contributed by atoms with Crippen LogP contribution in [-0.2, 0) is 9.47 Å². The third-order valence-electron chi connectivity index (χ3n) is 2.47. The van der Waals surface area contributed by atoms with Crippen molar-refractivity contribution in [1.29, 1.82) is 0 Å². The second-order valence-electron chi connectivity index (χ2n) is 3.66. The number of rotatable bonds is 8. The first kappa shape index (κ1) is 14.3. The molecule has 0 saturated heterocycles. The van der Waals surface area contributed by atoms with Gasteiger partial charge in [-0.25, -0.2) is 0 Å². The minimum Gasteiger partial charge on any atom is -0.498 e. The van der Waals surface area contributed by atoms with Gasteiger partial charge in [0, 0.05) is 0 Å². The fourth-order valence-corrected chi connectivity index (χ4v) is 1.56. The molecule has 0 radical (unpaired) electrons. The predicted molar refractivity (Wildman–Crippen MR) is 68.7 cm³/mol. The molecule has 0 spiro atoms. The first-order valence-electron chi connectivity index (χ1n) is 5.60. The first-order valence-corrected chi connectivity index (χ1v) is 5.60. The topological polar surface area (TPSA) is 58.9 Å².